The molecular formula is C7H8ClNO3S2. The fraction of sp³-hybridized carbons (Fsp3) is 0.429. The molecule has 0 amide bonds. The van der Waals surface area contributed by atoms with Gasteiger partial charge in [-0.1, -0.05) is 0 Å². The van der Waals surface area contributed by atoms with Gasteiger partial charge in [-0.15, -0.1) is 22.9 Å². The summed E-state index contributed by atoms with van der Waals surface area (Å²) in [7, 11) is -3.09. The first-order chi connectivity index (χ1) is 6.42. The molecule has 1 rings (SSSR count). The lowest BCUT2D eigenvalue weighted by atomic mass is 10.3. The molecule has 0 fully saturated rings. The van der Waals surface area contributed by atoms with Crippen molar-refractivity contribution in [1.82, 2.24) is 4.98 Å². The summed E-state index contributed by atoms with van der Waals surface area (Å²) in [4.78, 5) is 14.9. The Morgan fingerprint density at radius 3 is 2.79 bits per heavy atom. The van der Waals surface area contributed by atoms with E-state index in [0.29, 0.717) is 5.01 Å². The van der Waals surface area contributed by atoms with Crippen LogP contribution in [0.3, 0.4) is 0 Å². The van der Waals surface area contributed by atoms with Gasteiger partial charge in [0, 0.05) is 11.6 Å². The Morgan fingerprint density at radius 1 is 1.64 bits per heavy atom. The summed E-state index contributed by atoms with van der Waals surface area (Å²) in [5.41, 5.74) is 0.239. The summed E-state index contributed by atoms with van der Waals surface area (Å²) in [6, 6.07) is 0. The molecule has 7 heteroatoms. The predicted molar refractivity (Wildman–Crippen MR) is 55.7 cm³/mol. The standard InChI is InChI=1S/C7H8ClNO3S2/c1-14(11,12)4-7-9-5(3-13-7)6(10)2-8/h3H,2,4H2,1H3. The van der Waals surface area contributed by atoms with Gasteiger partial charge in [-0.25, -0.2) is 13.4 Å². The average Bonchev–Trinajstić information content (AvgIpc) is 2.48. The van der Waals surface area contributed by atoms with Crippen molar-refractivity contribution in [3.05, 3.63) is 16.1 Å². The van der Waals surface area contributed by atoms with E-state index >= 15 is 0 Å². The number of Topliss-reactive ketones (excluding diaryl/α,β-unsaturated/α-hetero) is 1. The van der Waals surface area contributed by atoms with E-state index in [0.717, 1.165) is 17.6 Å². The second-order valence-electron chi connectivity index (χ2n) is 2.75. The zero-order valence-electron chi connectivity index (χ0n) is 7.36. The number of halogens is 1. The second kappa shape index (κ2) is 4.37. The van der Waals surface area contributed by atoms with Gasteiger partial charge in [0.25, 0.3) is 0 Å². The molecule has 0 saturated carbocycles. The van der Waals surface area contributed by atoms with Crippen LogP contribution in [0.1, 0.15) is 15.5 Å². The van der Waals surface area contributed by atoms with Gasteiger partial charge in [0.2, 0.25) is 0 Å². The van der Waals surface area contributed by atoms with Crippen LogP contribution in [-0.4, -0.2) is 31.3 Å². The number of hydrogen-bond acceptors (Lipinski definition) is 5. The molecule has 1 heterocycles. The number of nitrogens with zero attached hydrogens (tertiary/aromatic N) is 1. The fourth-order valence-electron chi connectivity index (χ4n) is 0.798. The maximum atomic E-state index is 11.1. The van der Waals surface area contributed by atoms with E-state index in [2.05, 4.69) is 4.98 Å². The Bertz CT molecular complexity index is 438. The van der Waals surface area contributed by atoms with Crippen molar-refractivity contribution < 1.29 is 13.2 Å². The molecule has 0 aliphatic carbocycles. The minimum atomic E-state index is -3.09. The fourth-order valence-corrected chi connectivity index (χ4v) is 2.95. The highest BCUT2D eigenvalue weighted by atomic mass is 35.5. The highest BCUT2D eigenvalue weighted by Crippen LogP contribution is 2.13. The number of aromatic nitrogens is 1. The summed E-state index contributed by atoms with van der Waals surface area (Å²) in [6.07, 6.45) is 1.12. The molecule has 78 valence electrons. The number of sulfone groups is 1. The van der Waals surface area contributed by atoms with Gasteiger partial charge in [-0.3, -0.25) is 4.79 Å². The van der Waals surface area contributed by atoms with Crippen molar-refractivity contribution in [2.24, 2.45) is 0 Å². The first kappa shape index (κ1) is 11.6. The Morgan fingerprint density at radius 2 is 2.29 bits per heavy atom. The van der Waals surface area contributed by atoms with Crippen LogP contribution in [0.25, 0.3) is 0 Å². The smallest absolute Gasteiger partial charge is 0.196 e. The van der Waals surface area contributed by atoms with E-state index < -0.39 is 9.84 Å². The van der Waals surface area contributed by atoms with Crippen LogP contribution in [0.5, 0.6) is 0 Å². The highest BCUT2D eigenvalue weighted by Gasteiger charge is 2.12. The molecule has 0 radical (unpaired) electrons. The van der Waals surface area contributed by atoms with Crippen molar-refractivity contribution in [1.29, 1.82) is 0 Å². The minimum Gasteiger partial charge on any atom is -0.291 e. The Hall–Kier alpha value is -0.460. The van der Waals surface area contributed by atoms with E-state index in [4.69, 9.17) is 11.6 Å². The van der Waals surface area contributed by atoms with Crippen LogP contribution >= 0.6 is 22.9 Å². The molecule has 0 aliphatic rings. The molecule has 0 N–H and O–H groups in total. The van der Waals surface area contributed by atoms with Crippen molar-refractivity contribution in [3.8, 4) is 0 Å². The third kappa shape index (κ3) is 3.36. The Balaban J connectivity index is 2.84. The minimum absolute atomic E-state index is 0.132. The van der Waals surface area contributed by atoms with Crippen LogP contribution in [0.15, 0.2) is 5.38 Å². The van der Waals surface area contributed by atoms with Gasteiger partial charge in [0.1, 0.15) is 16.5 Å². The number of alkyl halides is 1. The zero-order valence-corrected chi connectivity index (χ0v) is 9.75. The van der Waals surface area contributed by atoms with Gasteiger partial charge in [-0.05, 0) is 0 Å². The van der Waals surface area contributed by atoms with Gasteiger partial charge in [0.05, 0.1) is 5.88 Å². The van der Waals surface area contributed by atoms with Gasteiger partial charge < -0.3 is 0 Å². The van der Waals surface area contributed by atoms with Crippen LogP contribution in [0.2, 0.25) is 0 Å². The highest BCUT2D eigenvalue weighted by molar-refractivity contribution is 7.90. The summed E-state index contributed by atoms with van der Waals surface area (Å²) in [5, 5.41) is 1.94. The van der Waals surface area contributed by atoms with Crippen molar-refractivity contribution in [3.63, 3.8) is 0 Å². The van der Waals surface area contributed by atoms with Gasteiger partial charge >= 0.3 is 0 Å². The Kier molecular flexibility index (Phi) is 3.63. The number of carbonyl (C=O) groups excluding carboxylic acids is 1. The normalized spacial score (nSPS) is 11.6. The monoisotopic (exact) mass is 253 g/mol. The van der Waals surface area contributed by atoms with Crippen molar-refractivity contribution in [2.75, 3.05) is 12.1 Å². The topological polar surface area (TPSA) is 64.1 Å². The molecule has 0 aromatic carbocycles. The largest absolute Gasteiger partial charge is 0.291 e. The molecule has 0 unspecified atom stereocenters. The summed E-state index contributed by atoms with van der Waals surface area (Å²) >= 11 is 6.48. The first-order valence-electron chi connectivity index (χ1n) is 3.63. The number of rotatable bonds is 4. The third-order valence-electron chi connectivity index (χ3n) is 1.34. The quantitative estimate of drug-likeness (QED) is 0.596. The molecule has 0 aliphatic heterocycles. The van der Waals surface area contributed by atoms with Crippen LogP contribution < -0.4 is 0 Å². The number of thiazole rings is 1. The molecule has 0 spiro atoms. The molecule has 1 aromatic heterocycles. The average molecular weight is 254 g/mol. The number of hydrogen-bond donors (Lipinski definition) is 0. The summed E-state index contributed by atoms with van der Waals surface area (Å²) in [5.74, 6) is -0.558. The van der Waals surface area contributed by atoms with E-state index in [9.17, 15) is 13.2 Å². The van der Waals surface area contributed by atoms with Crippen LogP contribution in [-0.2, 0) is 15.6 Å². The molecule has 4 nitrogen and oxygen atoms in total. The number of ketones is 1. The zero-order chi connectivity index (χ0) is 10.8. The van der Waals surface area contributed by atoms with Crippen LogP contribution in [0, 0.1) is 0 Å². The molecule has 0 atom stereocenters. The predicted octanol–water partition coefficient (Wildman–Crippen LogP) is 1.11. The van der Waals surface area contributed by atoms with E-state index in [-0.39, 0.29) is 23.1 Å². The maximum absolute atomic E-state index is 11.1. The molecule has 14 heavy (non-hydrogen) atoms. The van der Waals surface area contributed by atoms with E-state index in [1.165, 1.54) is 5.38 Å². The van der Waals surface area contributed by atoms with E-state index in [1.54, 1.807) is 0 Å². The second-order valence-corrected chi connectivity index (χ2v) is 6.10. The molecule has 1 aromatic rings. The van der Waals surface area contributed by atoms with Crippen molar-refractivity contribution >= 4 is 38.6 Å². The van der Waals surface area contributed by atoms with Gasteiger partial charge in [0.15, 0.2) is 15.6 Å². The van der Waals surface area contributed by atoms with Crippen LogP contribution in [0.4, 0.5) is 0 Å². The Labute approximate surface area is 90.8 Å². The lowest BCUT2D eigenvalue weighted by Crippen LogP contribution is -2.03. The van der Waals surface area contributed by atoms with Gasteiger partial charge in [-0.2, -0.15) is 0 Å². The summed E-state index contributed by atoms with van der Waals surface area (Å²) in [6.45, 7) is 0. The summed E-state index contributed by atoms with van der Waals surface area (Å²) < 4.78 is 21.8. The SMILES string of the molecule is CS(=O)(=O)Cc1nc(C(=O)CCl)cs1. The maximum Gasteiger partial charge on any atom is 0.196 e. The third-order valence-corrected chi connectivity index (χ3v) is 3.42. The lowest BCUT2D eigenvalue weighted by Gasteiger charge is -1.91. The van der Waals surface area contributed by atoms with Crippen molar-refractivity contribution in [2.45, 2.75) is 5.75 Å². The first-order valence-corrected chi connectivity index (χ1v) is 7.11. The molecule has 0 bridgehead atoms. The van der Waals surface area contributed by atoms with E-state index in [1.807, 2.05) is 0 Å². The molecule has 0 saturated heterocycles. The lowest BCUT2D eigenvalue weighted by molar-refractivity contribution is 0.101. The molecular weight excluding hydrogens is 246 g/mol. The number of carbonyl (C=O) groups is 1.